The van der Waals surface area contributed by atoms with Crippen LogP contribution in [0, 0.1) is 20.8 Å². The molecule has 0 radical (unpaired) electrons. The van der Waals surface area contributed by atoms with Crippen molar-refractivity contribution in [3.63, 3.8) is 0 Å². The fourth-order valence-corrected chi connectivity index (χ4v) is 2.10. The van der Waals surface area contributed by atoms with E-state index in [4.69, 9.17) is 4.74 Å². The molecule has 0 saturated carbocycles. The summed E-state index contributed by atoms with van der Waals surface area (Å²) in [6, 6.07) is 12.8. The highest BCUT2D eigenvalue weighted by molar-refractivity contribution is 5.95. The Bertz CT molecular complexity index is 688. The van der Waals surface area contributed by atoms with Crippen molar-refractivity contribution >= 4 is 11.8 Å². The molecule has 0 atom stereocenters. The van der Waals surface area contributed by atoms with Crippen molar-refractivity contribution in [3.8, 4) is 5.75 Å². The van der Waals surface area contributed by atoms with Gasteiger partial charge in [-0.3, -0.25) is 20.4 Å². The minimum absolute atomic E-state index is 0.167. The highest BCUT2D eigenvalue weighted by Gasteiger charge is 2.09. The first-order valence-corrected chi connectivity index (χ1v) is 7.32. The Kier molecular flexibility index (Phi) is 5.36. The quantitative estimate of drug-likeness (QED) is 0.852. The Morgan fingerprint density at radius 2 is 1.52 bits per heavy atom. The van der Waals surface area contributed by atoms with Crippen LogP contribution in [0.15, 0.2) is 42.5 Å². The molecule has 0 aliphatic heterocycles. The van der Waals surface area contributed by atoms with Crippen LogP contribution in [-0.4, -0.2) is 18.4 Å². The lowest BCUT2D eigenvalue weighted by Gasteiger charge is -2.12. The Labute approximate surface area is 135 Å². The maximum absolute atomic E-state index is 11.9. The molecule has 120 valence electrons. The second-order valence-electron chi connectivity index (χ2n) is 5.38. The summed E-state index contributed by atoms with van der Waals surface area (Å²) in [4.78, 5) is 23.7. The average molecular weight is 312 g/mol. The summed E-state index contributed by atoms with van der Waals surface area (Å²) >= 11 is 0. The zero-order valence-corrected chi connectivity index (χ0v) is 13.5. The largest absolute Gasteiger partial charge is 0.483 e. The molecular formula is C18H20N2O3. The maximum Gasteiger partial charge on any atom is 0.276 e. The van der Waals surface area contributed by atoms with Crippen molar-refractivity contribution in [2.45, 2.75) is 20.8 Å². The zero-order valence-electron chi connectivity index (χ0n) is 13.5. The van der Waals surface area contributed by atoms with Crippen LogP contribution in [0.4, 0.5) is 0 Å². The summed E-state index contributed by atoms with van der Waals surface area (Å²) in [5, 5.41) is 0. The van der Waals surface area contributed by atoms with E-state index < -0.39 is 5.91 Å². The molecule has 0 spiro atoms. The number of aryl methyl sites for hydroxylation is 3. The second kappa shape index (κ2) is 7.45. The van der Waals surface area contributed by atoms with Crippen molar-refractivity contribution < 1.29 is 14.3 Å². The molecule has 0 unspecified atom stereocenters. The average Bonchev–Trinajstić information content (AvgIpc) is 2.53. The van der Waals surface area contributed by atoms with Gasteiger partial charge in [0.2, 0.25) is 0 Å². The van der Waals surface area contributed by atoms with Gasteiger partial charge >= 0.3 is 0 Å². The Morgan fingerprint density at radius 3 is 2.13 bits per heavy atom. The van der Waals surface area contributed by atoms with E-state index >= 15 is 0 Å². The predicted octanol–water partition coefficient (Wildman–Crippen LogP) is 2.45. The molecule has 0 aromatic heterocycles. The smallest absolute Gasteiger partial charge is 0.276 e. The van der Waals surface area contributed by atoms with Gasteiger partial charge in [-0.25, -0.2) is 0 Å². The third-order valence-electron chi connectivity index (χ3n) is 3.39. The number of hydrogen-bond acceptors (Lipinski definition) is 3. The number of para-hydroxylation sites is 1. The van der Waals surface area contributed by atoms with Gasteiger partial charge in [0, 0.05) is 5.56 Å². The maximum atomic E-state index is 11.9. The predicted molar refractivity (Wildman–Crippen MR) is 88.2 cm³/mol. The van der Waals surface area contributed by atoms with Gasteiger partial charge in [-0.1, -0.05) is 35.9 Å². The first-order chi connectivity index (χ1) is 11.0. The Morgan fingerprint density at radius 1 is 0.913 bits per heavy atom. The van der Waals surface area contributed by atoms with Crippen molar-refractivity contribution in [1.29, 1.82) is 0 Å². The molecule has 2 aromatic rings. The lowest BCUT2D eigenvalue weighted by Crippen LogP contribution is -2.43. The molecule has 2 amide bonds. The molecule has 0 heterocycles. The number of nitrogens with one attached hydrogen (secondary N) is 2. The molecule has 2 N–H and O–H groups in total. The van der Waals surface area contributed by atoms with E-state index in [0.717, 1.165) is 16.7 Å². The van der Waals surface area contributed by atoms with Crippen LogP contribution < -0.4 is 15.6 Å². The number of rotatable bonds is 4. The normalized spacial score (nSPS) is 10.0. The minimum atomic E-state index is -0.423. The van der Waals surface area contributed by atoms with E-state index in [1.807, 2.05) is 51.1 Å². The van der Waals surface area contributed by atoms with Gasteiger partial charge in [-0.15, -0.1) is 0 Å². The van der Waals surface area contributed by atoms with E-state index in [0.29, 0.717) is 11.3 Å². The number of ether oxygens (including phenoxy) is 1. The molecule has 0 aliphatic rings. The van der Waals surface area contributed by atoms with Gasteiger partial charge in [-0.2, -0.15) is 0 Å². The third kappa shape index (κ3) is 4.57. The molecule has 23 heavy (non-hydrogen) atoms. The third-order valence-corrected chi connectivity index (χ3v) is 3.39. The molecule has 0 bridgehead atoms. The van der Waals surface area contributed by atoms with Crippen LogP contribution in [0.2, 0.25) is 0 Å². The van der Waals surface area contributed by atoms with Crippen LogP contribution in [0.3, 0.4) is 0 Å². The Hall–Kier alpha value is -2.82. The Balaban J connectivity index is 1.83. The monoisotopic (exact) mass is 312 g/mol. The summed E-state index contributed by atoms with van der Waals surface area (Å²) in [7, 11) is 0. The van der Waals surface area contributed by atoms with Crippen molar-refractivity contribution in [2.75, 3.05) is 6.61 Å². The van der Waals surface area contributed by atoms with E-state index in [9.17, 15) is 9.59 Å². The molecule has 5 nitrogen and oxygen atoms in total. The first kappa shape index (κ1) is 16.5. The van der Waals surface area contributed by atoms with Gasteiger partial charge in [0.1, 0.15) is 5.75 Å². The van der Waals surface area contributed by atoms with Gasteiger partial charge < -0.3 is 4.74 Å². The number of carbonyl (C=O) groups is 2. The van der Waals surface area contributed by atoms with Crippen LogP contribution in [0.1, 0.15) is 27.0 Å². The molecule has 0 saturated heterocycles. The molecule has 0 fully saturated rings. The van der Waals surface area contributed by atoms with Crippen LogP contribution >= 0.6 is 0 Å². The summed E-state index contributed by atoms with van der Waals surface area (Å²) in [5.41, 5.74) is 8.17. The minimum Gasteiger partial charge on any atom is -0.483 e. The summed E-state index contributed by atoms with van der Waals surface area (Å²) < 4.78 is 5.52. The molecule has 2 aromatic carbocycles. The molecule has 5 heteroatoms. The van der Waals surface area contributed by atoms with Gasteiger partial charge in [0.15, 0.2) is 6.61 Å². The van der Waals surface area contributed by atoms with Gasteiger partial charge in [0.05, 0.1) is 0 Å². The highest BCUT2D eigenvalue weighted by atomic mass is 16.5. The summed E-state index contributed by atoms with van der Waals surface area (Å²) in [6.07, 6.45) is 0. The number of hydrazine groups is 1. The standard InChI is InChI=1S/C18H20N2O3/c1-12-7-9-15(10-8-12)18(22)20-19-16(21)11-23-17-13(2)5-4-6-14(17)3/h4-10H,11H2,1-3H3,(H,19,21)(H,20,22). The highest BCUT2D eigenvalue weighted by Crippen LogP contribution is 2.21. The van der Waals surface area contributed by atoms with Crippen molar-refractivity contribution in [2.24, 2.45) is 0 Å². The summed E-state index contributed by atoms with van der Waals surface area (Å²) in [5.74, 6) is -0.106. The van der Waals surface area contributed by atoms with Gasteiger partial charge in [0.25, 0.3) is 11.8 Å². The SMILES string of the molecule is Cc1ccc(C(=O)NNC(=O)COc2c(C)cccc2C)cc1. The number of amides is 2. The fourth-order valence-electron chi connectivity index (χ4n) is 2.10. The number of benzene rings is 2. The van der Waals surface area contributed by atoms with E-state index in [-0.39, 0.29) is 12.5 Å². The summed E-state index contributed by atoms with van der Waals surface area (Å²) in [6.45, 7) is 5.60. The van der Waals surface area contributed by atoms with Gasteiger partial charge in [-0.05, 0) is 44.0 Å². The van der Waals surface area contributed by atoms with Crippen molar-refractivity contribution in [1.82, 2.24) is 10.9 Å². The van der Waals surface area contributed by atoms with E-state index in [2.05, 4.69) is 10.9 Å². The van der Waals surface area contributed by atoms with Crippen LogP contribution in [0.25, 0.3) is 0 Å². The van der Waals surface area contributed by atoms with E-state index in [1.54, 1.807) is 12.1 Å². The molecular weight excluding hydrogens is 292 g/mol. The molecule has 2 rings (SSSR count). The number of carbonyl (C=O) groups excluding carboxylic acids is 2. The van der Waals surface area contributed by atoms with E-state index in [1.165, 1.54) is 0 Å². The zero-order chi connectivity index (χ0) is 16.8. The second-order valence-corrected chi connectivity index (χ2v) is 5.38. The lowest BCUT2D eigenvalue weighted by atomic mass is 10.1. The van der Waals surface area contributed by atoms with Crippen molar-refractivity contribution in [3.05, 3.63) is 64.7 Å². The molecule has 0 aliphatic carbocycles. The fraction of sp³-hybridized carbons (Fsp3) is 0.222. The number of hydrogen-bond donors (Lipinski definition) is 2. The lowest BCUT2D eigenvalue weighted by molar-refractivity contribution is -0.123. The first-order valence-electron chi connectivity index (χ1n) is 7.32. The topological polar surface area (TPSA) is 67.4 Å². The van der Waals surface area contributed by atoms with Crippen LogP contribution in [0.5, 0.6) is 5.75 Å². The van der Waals surface area contributed by atoms with Crippen LogP contribution in [-0.2, 0) is 4.79 Å².